The summed E-state index contributed by atoms with van der Waals surface area (Å²) < 4.78 is 5.38. The van der Waals surface area contributed by atoms with Crippen LogP contribution in [0.2, 0.25) is 0 Å². The standard InChI is InChI=1S/C13H15NO5/c1-7-11(16)14-9-5-8(3-4-10(9)19-7)13(2,6-15)12(17)18/h3-5,7,15H,6H2,1-2H3,(H,14,16)(H,17,18). The van der Waals surface area contributed by atoms with Crippen LogP contribution >= 0.6 is 0 Å². The molecule has 6 heteroatoms. The monoisotopic (exact) mass is 265 g/mol. The lowest BCUT2D eigenvalue weighted by Crippen LogP contribution is -2.37. The highest BCUT2D eigenvalue weighted by atomic mass is 16.5. The van der Waals surface area contributed by atoms with Gasteiger partial charge in [-0.3, -0.25) is 9.59 Å². The largest absolute Gasteiger partial charge is 0.481 e. The van der Waals surface area contributed by atoms with Gasteiger partial charge in [0.15, 0.2) is 6.10 Å². The van der Waals surface area contributed by atoms with Gasteiger partial charge in [0, 0.05) is 0 Å². The van der Waals surface area contributed by atoms with Gasteiger partial charge < -0.3 is 20.3 Å². The molecule has 0 aromatic heterocycles. The van der Waals surface area contributed by atoms with Crippen molar-refractivity contribution < 1.29 is 24.5 Å². The average molecular weight is 265 g/mol. The first-order valence-electron chi connectivity index (χ1n) is 5.85. The van der Waals surface area contributed by atoms with Gasteiger partial charge in [-0.25, -0.2) is 0 Å². The Balaban J connectivity index is 2.44. The van der Waals surface area contributed by atoms with Gasteiger partial charge >= 0.3 is 5.97 Å². The second kappa shape index (κ2) is 4.55. The maximum Gasteiger partial charge on any atom is 0.316 e. The number of carboxylic acids is 1. The molecule has 0 bridgehead atoms. The van der Waals surface area contributed by atoms with Gasteiger partial charge in [-0.2, -0.15) is 0 Å². The number of benzene rings is 1. The number of carbonyl (C=O) groups excluding carboxylic acids is 1. The minimum atomic E-state index is -1.41. The Bertz CT molecular complexity index is 542. The van der Waals surface area contributed by atoms with Crippen LogP contribution in [-0.2, 0) is 15.0 Å². The molecule has 6 nitrogen and oxygen atoms in total. The highest BCUT2D eigenvalue weighted by Crippen LogP contribution is 2.34. The van der Waals surface area contributed by atoms with Gasteiger partial charge in [0.1, 0.15) is 11.2 Å². The Morgan fingerprint density at radius 1 is 1.53 bits per heavy atom. The molecule has 1 aromatic carbocycles. The van der Waals surface area contributed by atoms with Gasteiger partial charge in [0.05, 0.1) is 12.3 Å². The fourth-order valence-corrected chi connectivity index (χ4v) is 1.83. The van der Waals surface area contributed by atoms with E-state index in [-0.39, 0.29) is 5.91 Å². The first-order valence-corrected chi connectivity index (χ1v) is 5.85. The molecular formula is C13H15NO5. The van der Waals surface area contributed by atoms with Crippen LogP contribution in [0.5, 0.6) is 5.75 Å². The lowest BCUT2D eigenvalue weighted by Gasteiger charge is -2.27. The van der Waals surface area contributed by atoms with E-state index in [1.54, 1.807) is 19.1 Å². The van der Waals surface area contributed by atoms with Crippen molar-refractivity contribution in [2.75, 3.05) is 11.9 Å². The van der Waals surface area contributed by atoms with Gasteiger partial charge in [-0.1, -0.05) is 6.07 Å². The summed E-state index contributed by atoms with van der Waals surface area (Å²) >= 11 is 0. The zero-order valence-electron chi connectivity index (χ0n) is 10.6. The highest BCUT2D eigenvalue weighted by Gasteiger charge is 2.36. The van der Waals surface area contributed by atoms with Crippen LogP contribution in [0.4, 0.5) is 5.69 Å². The van der Waals surface area contributed by atoms with E-state index in [9.17, 15) is 19.8 Å². The first kappa shape index (κ1) is 13.4. The normalized spacial score (nSPS) is 20.8. The molecule has 1 amide bonds. The molecule has 0 fully saturated rings. The van der Waals surface area contributed by atoms with Crippen LogP contribution in [0.15, 0.2) is 18.2 Å². The molecule has 2 unspecified atom stereocenters. The molecule has 0 saturated carbocycles. The van der Waals surface area contributed by atoms with Crippen LogP contribution in [0.25, 0.3) is 0 Å². The number of carboxylic acid groups (broad SMARTS) is 1. The molecule has 0 spiro atoms. The van der Waals surface area contributed by atoms with Crippen LogP contribution in [-0.4, -0.2) is 34.8 Å². The lowest BCUT2D eigenvalue weighted by molar-refractivity contribution is -0.144. The number of nitrogens with one attached hydrogen (secondary N) is 1. The summed E-state index contributed by atoms with van der Waals surface area (Å²) in [7, 11) is 0. The lowest BCUT2D eigenvalue weighted by atomic mass is 9.83. The van der Waals surface area contributed by atoms with Crippen molar-refractivity contribution in [1.82, 2.24) is 0 Å². The Hall–Kier alpha value is -2.08. The van der Waals surface area contributed by atoms with E-state index in [1.165, 1.54) is 13.0 Å². The predicted molar refractivity (Wildman–Crippen MR) is 67.2 cm³/mol. The number of aliphatic hydroxyl groups is 1. The van der Waals surface area contributed by atoms with Crippen molar-refractivity contribution in [2.24, 2.45) is 0 Å². The molecule has 2 atom stereocenters. The smallest absolute Gasteiger partial charge is 0.316 e. The average Bonchev–Trinajstić information content (AvgIpc) is 2.38. The third-order valence-corrected chi connectivity index (χ3v) is 3.34. The van der Waals surface area contributed by atoms with Gasteiger partial charge in [0.2, 0.25) is 0 Å². The van der Waals surface area contributed by atoms with Crippen molar-refractivity contribution in [3.63, 3.8) is 0 Å². The van der Waals surface area contributed by atoms with Crippen LogP contribution in [0.3, 0.4) is 0 Å². The molecule has 102 valence electrons. The molecule has 1 aliphatic rings. The minimum Gasteiger partial charge on any atom is -0.481 e. The number of rotatable bonds is 3. The zero-order chi connectivity index (χ0) is 14.2. The van der Waals surface area contributed by atoms with E-state index in [4.69, 9.17) is 4.74 Å². The summed E-state index contributed by atoms with van der Waals surface area (Å²) in [5.41, 5.74) is -0.593. The quantitative estimate of drug-likeness (QED) is 0.749. The van der Waals surface area contributed by atoms with Crippen molar-refractivity contribution >= 4 is 17.6 Å². The number of aliphatic carboxylic acids is 1. The van der Waals surface area contributed by atoms with E-state index < -0.39 is 24.1 Å². The van der Waals surface area contributed by atoms with E-state index in [0.29, 0.717) is 17.0 Å². The van der Waals surface area contributed by atoms with Crippen molar-refractivity contribution in [2.45, 2.75) is 25.4 Å². The maximum atomic E-state index is 11.5. The summed E-state index contributed by atoms with van der Waals surface area (Å²) in [6, 6.07) is 4.69. The van der Waals surface area contributed by atoms with Gasteiger partial charge in [-0.15, -0.1) is 0 Å². The molecule has 0 aliphatic carbocycles. The van der Waals surface area contributed by atoms with Crippen LogP contribution in [0.1, 0.15) is 19.4 Å². The molecular weight excluding hydrogens is 250 g/mol. The predicted octanol–water partition coefficient (Wildman–Crippen LogP) is 0.741. The van der Waals surface area contributed by atoms with E-state index in [2.05, 4.69) is 5.32 Å². The fraction of sp³-hybridized carbons (Fsp3) is 0.385. The topological polar surface area (TPSA) is 95.9 Å². The minimum absolute atomic E-state index is 0.286. The molecule has 19 heavy (non-hydrogen) atoms. The number of carbonyl (C=O) groups is 2. The third kappa shape index (κ3) is 2.15. The number of hydrogen-bond donors (Lipinski definition) is 3. The summed E-state index contributed by atoms with van der Waals surface area (Å²) in [6.45, 7) is 2.51. The molecule has 2 rings (SSSR count). The summed E-state index contributed by atoms with van der Waals surface area (Å²) in [5, 5.41) is 21.2. The number of amides is 1. The molecule has 0 saturated heterocycles. The Morgan fingerprint density at radius 3 is 2.79 bits per heavy atom. The zero-order valence-corrected chi connectivity index (χ0v) is 10.6. The highest BCUT2D eigenvalue weighted by molar-refractivity contribution is 5.97. The number of ether oxygens (including phenoxy) is 1. The van der Waals surface area contributed by atoms with Crippen molar-refractivity contribution in [3.05, 3.63) is 23.8 Å². The fourth-order valence-electron chi connectivity index (χ4n) is 1.83. The Labute approximate surface area is 110 Å². The van der Waals surface area contributed by atoms with Crippen LogP contribution in [0, 0.1) is 0 Å². The summed E-state index contributed by atoms with van der Waals surface area (Å²) in [6.07, 6.45) is -0.581. The number of fused-ring (bicyclic) bond motifs is 1. The van der Waals surface area contributed by atoms with Crippen molar-refractivity contribution in [3.8, 4) is 5.75 Å². The van der Waals surface area contributed by atoms with Crippen LogP contribution < -0.4 is 10.1 Å². The molecule has 1 aromatic rings. The van der Waals surface area contributed by atoms with E-state index in [0.717, 1.165) is 0 Å². The number of aliphatic hydroxyl groups excluding tert-OH is 1. The van der Waals surface area contributed by atoms with Crippen molar-refractivity contribution in [1.29, 1.82) is 0 Å². The Morgan fingerprint density at radius 2 is 2.21 bits per heavy atom. The first-order chi connectivity index (χ1) is 8.88. The van der Waals surface area contributed by atoms with E-state index in [1.807, 2.05) is 0 Å². The van der Waals surface area contributed by atoms with Gasteiger partial charge in [0.25, 0.3) is 5.91 Å². The molecule has 1 aliphatic heterocycles. The second-order valence-electron chi connectivity index (χ2n) is 4.76. The van der Waals surface area contributed by atoms with E-state index >= 15 is 0 Å². The number of hydrogen-bond acceptors (Lipinski definition) is 4. The summed E-state index contributed by atoms with van der Waals surface area (Å²) in [5.74, 6) is -0.932. The third-order valence-electron chi connectivity index (χ3n) is 3.34. The number of anilines is 1. The molecule has 3 N–H and O–H groups in total. The summed E-state index contributed by atoms with van der Waals surface area (Å²) in [4.78, 5) is 22.8. The SMILES string of the molecule is CC1Oc2ccc(C(C)(CO)C(=O)O)cc2NC1=O. The second-order valence-corrected chi connectivity index (χ2v) is 4.76. The maximum absolute atomic E-state index is 11.5. The van der Waals surface area contributed by atoms with Gasteiger partial charge in [-0.05, 0) is 31.5 Å². The molecule has 0 radical (unpaired) electrons. The molecule has 1 heterocycles. The Kier molecular flexibility index (Phi) is 3.20.